The van der Waals surface area contributed by atoms with E-state index < -0.39 is 0 Å². The Kier molecular flexibility index (Phi) is 6.46. The van der Waals surface area contributed by atoms with Crippen LogP contribution in [-0.4, -0.2) is 18.5 Å². The molecule has 82 valence electrons. The fourth-order valence-electron chi connectivity index (χ4n) is 1.35. The van der Waals surface area contributed by atoms with Gasteiger partial charge in [0.25, 0.3) is 0 Å². The van der Waals surface area contributed by atoms with Crippen molar-refractivity contribution in [2.45, 2.75) is 40.2 Å². The highest BCUT2D eigenvalue weighted by Crippen LogP contribution is 2.13. The Balaban J connectivity index is 4.18. The third-order valence-corrected chi connectivity index (χ3v) is 1.93. The van der Waals surface area contributed by atoms with Gasteiger partial charge >= 0.3 is 0 Å². The van der Waals surface area contributed by atoms with Gasteiger partial charge in [0, 0.05) is 6.42 Å². The van der Waals surface area contributed by atoms with Crippen LogP contribution in [-0.2, 0) is 9.53 Å². The SMILES string of the molecule is C=CCOC(C(=O)CC(C)C)C(C)C. The molecule has 0 radical (unpaired) electrons. The van der Waals surface area contributed by atoms with Gasteiger partial charge < -0.3 is 4.74 Å². The first-order valence-electron chi connectivity index (χ1n) is 5.24. The zero-order chi connectivity index (χ0) is 11.1. The van der Waals surface area contributed by atoms with Gasteiger partial charge in [0.15, 0.2) is 5.78 Å². The summed E-state index contributed by atoms with van der Waals surface area (Å²) in [4.78, 5) is 11.7. The molecule has 0 aliphatic carbocycles. The quantitative estimate of drug-likeness (QED) is 0.588. The van der Waals surface area contributed by atoms with Gasteiger partial charge in [-0.25, -0.2) is 0 Å². The first-order chi connectivity index (χ1) is 6.49. The Morgan fingerprint density at radius 3 is 2.29 bits per heavy atom. The fraction of sp³-hybridized carbons (Fsp3) is 0.750. The van der Waals surface area contributed by atoms with Gasteiger partial charge in [-0.1, -0.05) is 33.8 Å². The molecule has 0 rings (SSSR count). The zero-order valence-electron chi connectivity index (χ0n) is 9.75. The monoisotopic (exact) mass is 198 g/mol. The number of hydrogen-bond donors (Lipinski definition) is 0. The van der Waals surface area contributed by atoms with Gasteiger partial charge in [-0.3, -0.25) is 4.79 Å². The molecule has 2 nitrogen and oxygen atoms in total. The van der Waals surface area contributed by atoms with E-state index >= 15 is 0 Å². The van der Waals surface area contributed by atoms with Gasteiger partial charge in [-0.15, -0.1) is 6.58 Å². The second-order valence-electron chi connectivity index (χ2n) is 4.35. The minimum Gasteiger partial charge on any atom is -0.366 e. The molecule has 0 amide bonds. The summed E-state index contributed by atoms with van der Waals surface area (Å²) in [6, 6.07) is 0. The topological polar surface area (TPSA) is 26.3 Å². The lowest BCUT2D eigenvalue weighted by Crippen LogP contribution is -2.30. The Bertz CT molecular complexity index is 183. The molecule has 0 heterocycles. The van der Waals surface area contributed by atoms with E-state index in [1.807, 2.05) is 27.7 Å². The molecule has 0 aliphatic rings. The molecule has 2 heteroatoms. The van der Waals surface area contributed by atoms with Crippen LogP contribution in [0.15, 0.2) is 12.7 Å². The van der Waals surface area contributed by atoms with Crippen molar-refractivity contribution in [2.24, 2.45) is 11.8 Å². The Labute approximate surface area is 87.3 Å². The van der Waals surface area contributed by atoms with Crippen molar-refractivity contribution in [1.82, 2.24) is 0 Å². The predicted octanol–water partition coefficient (Wildman–Crippen LogP) is 2.83. The van der Waals surface area contributed by atoms with E-state index in [-0.39, 0.29) is 17.8 Å². The lowest BCUT2D eigenvalue weighted by molar-refractivity contribution is -0.133. The molecule has 0 aromatic rings. The van der Waals surface area contributed by atoms with Crippen molar-refractivity contribution in [3.8, 4) is 0 Å². The second-order valence-corrected chi connectivity index (χ2v) is 4.35. The standard InChI is InChI=1S/C12H22O2/c1-6-7-14-12(10(4)5)11(13)8-9(2)3/h6,9-10,12H,1,7-8H2,2-5H3. The van der Waals surface area contributed by atoms with Gasteiger partial charge in [0.05, 0.1) is 6.61 Å². The average Bonchev–Trinajstić information content (AvgIpc) is 2.02. The lowest BCUT2D eigenvalue weighted by Gasteiger charge is -2.20. The summed E-state index contributed by atoms with van der Waals surface area (Å²) in [5.74, 6) is 0.842. The van der Waals surface area contributed by atoms with Crippen molar-refractivity contribution in [3.05, 3.63) is 12.7 Å². The van der Waals surface area contributed by atoms with E-state index in [1.165, 1.54) is 0 Å². The maximum absolute atomic E-state index is 11.7. The molecule has 0 aromatic heterocycles. The molecule has 0 spiro atoms. The predicted molar refractivity (Wildman–Crippen MR) is 59.2 cm³/mol. The molecule has 1 unspecified atom stereocenters. The first kappa shape index (κ1) is 13.4. The van der Waals surface area contributed by atoms with Crippen LogP contribution < -0.4 is 0 Å². The first-order valence-corrected chi connectivity index (χ1v) is 5.24. The van der Waals surface area contributed by atoms with Crippen molar-refractivity contribution in [3.63, 3.8) is 0 Å². The van der Waals surface area contributed by atoms with Crippen LogP contribution in [0.3, 0.4) is 0 Å². The number of carbonyl (C=O) groups is 1. The Morgan fingerprint density at radius 1 is 1.36 bits per heavy atom. The number of hydrogen-bond acceptors (Lipinski definition) is 2. The van der Waals surface area contributed by atoms with E-state index in [0.717, 1.165) is 0 Å². The molecule has 0 fully saturated rings. The highest BCUT2D eigenvalue weighted by atomic mass is 16.5. The highest BCUT2D eigenvalue weighted by molar-refractivity contribution is 5.83. The van der Waals surface area contributed by atoms with Crippen LogP contribution in [0, 0.1) is 11.8 Å². The summed E-state index contributed by atoms with van der Waals surface area (Å²) in [7, 11) is 0. The lowest BCUT2D eigenvalue weighted by atomic mass is 9.96. The molecule has 0 saturated carbocycles. The molecule has 0 N–H and O–H groups in total. The van der Waals surface area contributed by atoms with Gasteiger partial charge in [-0.05, 0) is 11.8 Å². The molecule has 0 aromatic carbocycles. The molecule has 0 bridgehead atoms. The normalized spacial score (nSPS) is 13.3. The molecule has 0 aliphatic heterocycles. The van der Waals surface area contributed by atoms with Crippen LogP contribution in [0.5, 0.6) is 0 Å². The van der Waals surface area contributed by atoms with Crippen LogP contribution in [0.25, 0.3) is 0 Å². The average molecular weight is 198 g/mol. The highest BCUT2D eigenvalue weighted by Gasteiger charge is 2.22. The summed E-state index contributed by atoms with van der Waals surface area (Å²) in [6.07, 6.45) is 2.01. The minimum atomic E-state index is -0.268. The van der Waals surface area contributed by atoms with Crippen LogP contribution >= 0.6 is 0 Å². The number of ketones is 1. The van der Waals surface area contributed by atoms with E-state index in [2.05, 4.69) is 6.58 Å². The molecular formula is C12H22O2. The summed E-state index contributed by atoms with van der Waals surface area (Å²) in [5, 5.41) is 0. The summed E-state index contributed by atoms with van der Waals surface area (Å²) in [5.41, 5.74) is 0. The largest absolute Gasteiger partial charge is 0.366 e. The smallest absolute Gasteiger partial charge is 0.162 e. The number of rotatable bonds is 7. The Hall–Kier alpha value is -0.630. The minimum absolute atomic E-state index is 0.205. The third kappa shape index (κ3) is 5.18. The van der Waals surface area contributed by atoms with E-state index in [1.54, 1.807) is 6.08 Å². The Morgan fingerprint density at radius 2 is 1.93 bits per heavy atom. The summed E-state index contributed by atoms with van der Waals surface area (Å²) >= 11 is 0. The van der Waals surface area contributed by atoms with Gasteiger partial charge in [0.1, 0.15) is 6.10 Å². The molecule has 0 saturated heterocycles. The van der Waals surface area contributed by atoms with Crippen molar-refractivity contribution < 1.29 is 9.53 Å². The second kappa shape index (κ2) is 6.77. The van der Waals surface area contributed by atoms with Crippen molar-refractivity contribution >= 4 is 5.78 Å². The fourth-order valence-corrected chi connectivity index (χ4v) is 1.35. The van der Waals surface area contributed by atoms with Crippen LogP contribution in [0.2, 0.25) is 0 Å². The molecule has 14 heavy (non-hydrogen) atoms. The zero-order valence-corrected chi connectivity index (χ0v) is 9.75. The van der Waals surface area contributed by atoms with Gasteiger partial charge in [0.2, 0.25) is 0 Å². The summed E-state index contributed by atoms with van der Waals surface area (Å²) in [6.45, 7) is 12.1. The van der Waals surface area contributed by atoms with Crippen LogP contribution in [0.4, 0.5) is 0 Å². The van der Waals surface area contributed by atoms with E-state index in [9.17, 15) is 4.79 Å². The maximum atomic E-state index is 11.7. The third-order valence-electron chi connectivity index (χ3n) is 1.93. The van der Waals surface area contributed by atoms with E-state index in [0.29, 0.717) is 18.9 Å². The van der Waals surface area contributed by atoms with Gasteiger partial charge in [-0.2, -0.15) is 0 Å². The molecular weight excluding hydrogens is 176 g/mol. The number of carbonyl (C=O) groups excluding carboxylic acids is 1. The maximum Gasteiger partial charge on any atom is 0.162 e. The number of Topliss-reactive ketones (excluding diaryl/α,β-unsaturated/α-hetero) is 1. The van der Waals surface area contributed by atoms with E-state index in [4.69, 9.17) is 4.74 Å². The summed E-state index contributed by atoms with van der Waals surface area (Å²) < 4.78 is 5.45. The van der Waals surface area contributed by atoms with Crippen molar-refractivity contribution in [2.75, 3.05) is 6.61 Å². The molecule has 1 atom stereocenters. The van der Waals surface area contributed by atoms with Crippen LogP contribution in [0.1, 0.15) is 34.1 Å². The number of ether oxygens (including phenoxy) is 1. The van der Waals surface area contributed by atoms with Crippen molar-refractivity contribution in [1.29, 1.82) is 0 Å².